The molecular formula is C12H17F3N4O2. The Morgan fingerprint density at radius 1 is 1.29 bits per heavy atom. The quantitative estimate of drug-likeness (QED) is 0.594. The van der Waals surface area contributed by atoms with Crippen molar-refractivity contribution in [3.63, 3.8) is 0 Å². The predicted octanol–water partition coefficient (Wildman–Crippen LogP) is 1.47. The van der Waals surface area contributed by atoms with Crippen LogP contribution >= 0.6 is 0 Å². The Balaban J connectivity index is 2.44. The first-order valence-corrected chi connectivity index (χ1v) is 6.62. The Morgan fingerprint density at radius 2 is 1.86 bits per heavy atom. The van der Waals surface area contributed by atoms with Gasteiger partial charge in [0.25, 0.3) is 5.70 Å². The molecule has 1 heterocycles. The minimum absolute atomic E-state index is 0.394. The number of likely N-dealkylation sites (tertiary alicyclic amines) is 1. The van der Waals surface area contributed by atoms with Gasteiger partial charge >= 0.3 is 6.18 Å². The summed E-state index contributed by atoms with van der Waals surface area (Å²) in [4.78, 5) is 12.0. The first-order chi connectivity index (χ1) is 9.66. The lowest BCUT2D eigenvalue weighted by atomic mass is 9.88. The Morgan fingerprint density at radius 3 is 2.33 bits per heavy atom. The van der Waals surface area contributed by atoms with E-state index in [2.05, 4.69) is 0 Å². The summed E-state index contributed by atoms with van der Waals surface area (Å²) in [5, 5.41) is 11.2. The molecule has 0 amide bonds. The average molecular weight is 306 g/mol. The van der Waals surface area contributed by atoms with Crippen molar-refractivity contribution in [2.24, 2.45) is 11.5 Å². The number of alkyl halides is 3. The summed E-state index contributed by atoms with van der Waals surface area (Å²) in [6.45, 7) is 1.02. The molecule has 21 heavy (non-hydrogen) atoms. The molecule has 0 aromatic heterocycles. The minimum atomic E-state index is -4.73. The van der Waals surface area contributed by atoms with E-state index in [1.165, 1.54) is 0 Å². The summed E-state index contributed by atoms with van der Waals surface area (Å²) in [5.74, 6) is 0. The van der Waals surface area contributed by atoms with Crippen LogP contribution in [0.2, 0.25) is 0 Å². The molecule has 2 rings (SSSR count). The first kappa shape index (κ1) is 15.8. The predicted molar refractivity (Wildman–Crippen MR) is 69.3 cm³/mol. The number of allylic oxidation sites excluding steroid dienone is 2. The van der Waals surface area contributed by atoms with Gasteiger partial charge in [0.05, 0.1) is 10.5 Å². The summed E-state index contributed by atoms with van der Waals surface area (Å²) in [6, 6.07) is 0. The molecule has 0 bridgehead atoms. The van der Waals surface area contributed by atoms with Crippen molar-refractivity contribution >= 4 is 0 Å². The molecule has 1 fully saturated rings. The van der Waals surface area contributed by atoms with Crippen LogP contribution in [0, 0.1) is 10.1 Å². The number of nitrogens with zero attached hydrogens (tertiary/aromatic N) is 2. The fourth-order valence-corrected chi connectivity index (χ4v) is 2.87. The molecule has 0 radical (unpaired) electrons. The SMILES string of the molecule is NC1=C(C(F)(F)F)C=C([N+](=O)[O-])C(N)(N2CCCCC2)C1. The summed E-state index contributed by atoms with van der Waals surface area (Å²) in [7, 11) is 0. The highest BCUT2D eigenvalue weighted by Crippen LogP contribution is 2.39. The number of nitro groups is 1. The molecule has 1 saturated heterocycles. The van der Waals surface area contributed by atoms with Crippen molar-refractivity contribution < 1.29 is 18.1 Å². The minimum Gasteiger partial charge on any atom is -0.401 e. The van der Waals surface area contributed by atoms with Gasteiger partial charge in [-0.25, -0.2) is 0 Å². The highest BCUT2D eigenvalue weighted by Gasteiger charge is 2.51. The number of hydrogen-bond acceptors (Lipinski definition) is 5. The van der Waals surface area contributed by atoms with Crippen molar-refractivity contribution in [1.29, 1.82) is 0 Å². The monoisotopic (exact) mass is 306 g/mol. The van der Waals surface area contributed by atoms with E-state index in [1.54, 1.807) is 4.90 Å². The smallest absolute Gasteiger partial charge is 0.401 e. The normalized spacial score (nSPS) is 28.5. The van der Waals surface area contributed by atoms with Crippen LogP contribution in [0.3, 0.4) is 0 Å². The molecule has 0 spiro atoms. The third-order valence-electron chi connectivity index (χ3n) is 3.95. The van der Waals surface area contributed by atoms with Crippen LogP contribution in [0.4, 0.5) is 13.2 Å². The Kier molecular flexibility index (Phi) is 3.98. The van der Waals surface area contributed by atoms with Gasteiger partial charge in [-0.3, -0.25) is 15.0 Å². The standard InChI is InChI=1S/C12H17F3N4O2/c13-12(14,15)8-6-10(19(20)21)11(17,7-9(8)16)18-4-2-1-3-5-18/h6H,1-5,7,16-17H2. The lowest BCUT2D eigenvalue weighted by Crippen LogP contribution is -2.61. The Hall–Kier alpha value is -1.61. The second-order valence-corrected chi connectivity index (χ2v) is 5.37. The maximum atomic E-state index is 12.9. The molecular weight excluding hydrogens is 289 g/mol. The van der Waals surface area contributed by atoms with Crippen LogP contribution in [0.1, 0.15) is 25.7 Å². The van der Waals surface area contributed by atoms with Crippen molar-refractivity contribution in [3.8, 4) is 0 Å². The van der Waals surface area contributed by atoms with E-state index in [0.717, 1.165) is 19.3 Å². The molecule has 4 N–H and O–H groups in total. The topological polar surface area (TPSA) is 98.4 Å². The summed E-state index contributed by atoms with van der Waals surface area (Å²) < 4.78 is 38.6. The third-order valence-corrected chi connectivity index (χ3v) is 3.95. The van der Waals surface area contributed by atoms with Gasteiger partial charge in [0.2, 0.25) is 0 Å². The molecule has 0 aromatic carbocycles. The van der Waals surface area contributed by atoms with Crippen LogP contribution in [-0.2, 0) is 0 Å². The third kappa shape index (κ3) is 2.88. The Bertz CT molecular complexity index is 509. The number of halogens is 3. The van der Waals surface area contributed by atoms with Gasteiger partial charge in [0.15, 0.2) is 5.66 Å². The van der Waals surface area contributed by atoms with Crippen molar-refractivity contribution in [1.82, 2.24) is 4.90 Å². The molecule has 6 nitrogen and oxygen atoms in total. The van der Waals surface area contributed by atoms with Gasteiger partial charge in [-0.15, -0.1) is 0 Å². The van der Waals surface area contributed by atoms with Crippen molar-refractivity contribution in [2.75, 3.05) is 13.1 Å². The maximum Gasteiger partial charge on any atom is 0.418 e. The zero-order chi connectivity index (χ0) is 15.8. The number of piperidine rings is 1. The van der Waals surface area contributed by atoms with Gasteiger partial charge in [0, 0.05) is 31.3 Å². The first-order valence-electron chi connectivity index (χ1n) is 6.62. The summed E-state index contributed by atoms with van der Waals surface area (Å²) in [6.07, 6.45) is -2.06. The molecule has 118 valence electrons. The molecule has 0 aromatic rings. The molecule has 1 unspecified atom stereocenters. The summed E-state index contributed by atoms with van der Waals surface area (Å²) >= 11 is 0. The van der Waals surface area contributed by atoms with E-state index < -0.39 is 40.2 Å². The van der Waals surface area contributed by atoms with Crippen LogP contribution in [0.15, 0.2) is 23.0 Å². The molecule has 1 aliphatic carbocycles. The van der Waals surface area contributed by atoms with Crippen LogP contribution < -0.4 is 11.5 Å². The molecule has 1 atom stereocenters. The lowest BCUT2D eigenvalue weighted by molar-refractivity contribution is -0.441. The highest BCUT2D eigenvalue weighted by atomic mass is 19.4. The maximum absolute atomic E-state index is 12.9. The average Bonchev–Trinajstić information content (AvgIpc) is 2.37. The number of hydrogen-bond donors (Lipinski definition) is 2. The van der Waals surface area contributed by atoms with E-state index in [1.807, 2.05) is 0 Å². The molecule has 1 aliphatic heterocycles. The van der Waals surface area contributed by atoms with Crippen molar-refractivity contribution in [3.05, 3.63) is 33.2 Å². The highest BCUT2D eigenvalue weighted by molar-refractivity contribution is 5.39. The lowest BCUT2D eigenvalue weighted by Gasteiger charge is -2.42. The zero-order valence-electron chi connectivity index (χ0n) is 11.3. The van der Waals surface area contributed by atoms with E-state index in [9.17, 15) is 23.3 Å². The number of rotatable bonds is 2. The van der Waals surface area contributed by atoms with Crippen LogP contribution in [0.5, 0.6) is 0 Å². The fourth-order valence-electron chi connectivity index (χ4n) is 2.87. The largest absolute Gasteiger partial charge is 0.418 e. The van der Waals surface area contributed by atoms with Gasteiger partial charge in [0.1, 0.15) is 0 Å². The van der Waals surface area contributed by atoms with Gasteiger partial charge in [-0.1, -0.05) is 6.42 Å². The second-order valence-electron chi connectivity index (χ2n) is 5.37. The van der Waals surface area contributed by atoms with E-state index >= 15 is 0 Å². The second kappa shape index (κ2) is 5.30. The molecule has 2 aliphatic rings. The van der Waals surface area contributed by atoms with Gasteiger partial charge < -0.3 is 11.5 Å². The van der Waals surface area contributed by atoms with Crippen molar-refractivity contribution in [2.45, 2.75) is 37.5 Å². The Labute approximate surface area is 119 Å². The van der Waals surface area contributed by atoms with Crippen LogP contribution in [-0.4, -0.2) is 34.8 Å². The van der Waals surface area contributed by atoms with E-state index in [4.69, 9.17) is 11.5 Å². The summed E-state index contributed by atoms with van der Waals surface area (Å²) in [5.41, 5.74) is 7.75. The number of nitrogens with two attached hydrogens (primary N) is 2. The molecule has 9 heteroatoms. The van der Waals surface area contributed by atoms with Gasteiger partial charge in [-0.05, 0) is 12.8 Å². The zero-order valence-corrected chi connectivity index (χ0v) is 11.3. The molecule has 0 saturated carbocycles. The van der Waals surface area contributed by atoms with Gasteiger partial charge in [-0.2, -0.15) is 13.2 Å². The van der Waals surface area contributed by atoms with E-state index in [0.29, 0.717) is 19.2 Å². The van der Waals surface area contributed by atoms with Crippen LogP contribution in [0.25, 0.3) is 0 Å². The fraction of sp³-hybridized carbons (Fsp3) is 0.667. The van der Waals surface area contributed by atoms with E-state index in [-0.39, 0.29) is 0 Å².